The molecule has 0 N–H and O–H groups in total. The molecule has 3 rings (SSSR count). The van der Waals surface area contributed by atoms with Crippen LogP contribution in [0, 0.1) is 0 Å². The number of allylic oxidation sites excluding steroid dienone is 4. The molecule has 10 nitrogen and oxygen atoms in total. The first-order valence-electron chi connectivity index (χ1n) is 14.2. The van der Waals surface area contributed by atoms with E-state index in [9.17, 15) is 9.59 Å². The summed E-state index contributed by atoms with van der Waals surface area (Å²) >= 11 is 0. The summed E-state index contributed by atoms with van der Waals surface area (Å²) in [5.74, 6) is 2.57. The van der Waals surface area contributed by atoms with Gasteiger partial charge in [0.15, 0.2) is 23.0 Å². The molecule has 0 atom stereocenters. The zero-order valence-electron chi connectivity index (χ0n) is 27.4. The summed E-state index contributed by atoms with van der Waals surface area (Å²) < 4.78 is 32.3. The van der Waals surface area contributed by atoms with Crippen molar-refractivity contribution < 1.29 is 38.0 Å². The number of hydrogen-bond acceptors (Lipinski definition) is 8. The summed E-state index contributed by atoms with van der Waals surface area (Å²) in [6.07, 6.45) is 13.3. The van der Waals surface area contributed by atoms with Crippen molar-refractivity contribution in [2.75, 3.05) is 66.6 Å². The molecule has 242 valence electrons. The number of para-hydroxylation sites is 2. The number of amides is 2. The van der Waals surface area contributed by atoms with Crippen molar-refractivity contribution in [1.82, 2.24) is 0 Å². The monoisotopic (exact) mass is 628 g/mol. The fourth-order valence-corrected chi connectivity index (χ4v) is 4.50. The molecule has 10 heteroatoms. The molecule has 3 aromatic rings. The van der Waals surface area contributed by atoms with Crippen molar-refractivity contribution in [2.45, 2.75) is 0 Å². The summed E-state index contributed by atoms with van der Waals surface area (Å²) in [4.78, 5) is 29.1. The number of carbonyl (C=O) groups is 2. The molecule has 46 heavy (non-hydrogen) atoms. The SMILES string of the molecule is COc1cc(/C=C/C=C/C(=O)N(C)c2ccccc2N(C)C(=O)/C=C/C=C/c2cc(OC)c(OC)c(OC)c2)cc(OC)c1OC. The Morgan fingerprint density at radius 3 is 1.13 bits per heavy atom. The smallest absolute Gasteiger partial charge is 0.250 e. The normalized spacial score (nSPS) is 11.3. The van der Waals surface area contributed by atoms with Gasteiger partial charge < -0.3 is 38.2 Å². The van der Waals surface area contributed by atoms with E-state index >= 15 is 0 Å². The molecule has 0 unspecified atom stereocenters. The molecule has 0 radical (unpaired) electrons. The minimum Gasteiger partial charge on any atom is -0.493 e. The van der Waals surface area contributed by atoms with E-state index in [2.05, 4.69) is 0 Å². The summed E-state index contributed by atoms with van der Waals surface area (Å²) in [6, 6.07) is 14.4. The van der Waals surface area contributed by atoms with Gasteiger partial charge in [0.05, 0.1) is 54.0 Å². The van der Waals surface area contributed by atoms with Gasteiger partial charge in [0.1, 0.15) is 0 Å². The number of hydrogen-bond donors (Lipinski definition) is 0. The second kappa shape index (κ2) is 17.0. The number of ether oxygens (including phenoxy) is 6. The van der Waals surface area contributed by atoms with Gasteiger partial charge in [-0.05, 0) is 47.5 Å². The van der Waals surface area contributed by atoms with E-state index in [0.717, 1.165) is 11.1 Å². The molecule has 0 saturated heterocycles. The van der Waals surface area contributed by atoms with Crippen molar-refractivity contribution in [3.8, 4) is 34.5 Å². The van der Waals surface area contributed by atoms with E-state index < -0.39 is 0 Å². The van der Waals surface area contributed by atoms with Crippen LogP contribution in [0.4, 0.5) is 11.4 Å². The Balaban J connectivity index is 1.71. The average Bonchev–Trinajstić information content (AvgIpc) is 3.09. The second-order valence-electron chi connectivity index (χ2n) is 9.64. The lowest BCUT2D eigenvalue weighted by atomic mass is 10.1. The van der Waals surface area contributed by atoms with Crippen molar-refractivity contribution in [2.24, 2.45) is 0 Å². The van der Waals surface area contributed by atoms with E-state index in [1.165, 1.54) is 22.0 Å². The first-order chi connectivity index (χ1) is 22.2. The van der Waals surface area contributed by atoms with Crippen LogP contribution in [0.1, 0.15) is 11.1 Å². The van der Waals surface area contributed by atoms with Crippen LogP contribution in [0.2, 0.25) is 0 Å². The molecule has 0 aliphatic carbocycles. The van der Waals surface area contributed by atoms with Gasteiger partial charge in [-0.15, -0.1) is 0 Å². The average molecular weight is 629 g/mol. The fourth-order valence-electron chi connectivity index (χ4n) is 4.50. The van der Waals surface area contributed by atoms with Crippen LogP contribution in [0.5, 0.6) is 34.5 Å². The first-order valence-corrected chi connectivity index (χ1v) is 14.2. The van der Waals surface area contributed by atoms with E-state index in [0.29, 0.717) is 45.9 Å². The van der Waals surface area contributed by atoms with Gasteiger partial charge in [0.2, 0.25) is 11.5 Å². The Kier molecular flexibility index (Phi) is 12.9. The van der Waals surface area contributed by atoms with E-state index in [-0.39, 0.29) is 11.8 Å². The van der Waals surface area contributed by atoms with Gasteiger partial charge in [-0.25, -0.2) is 0 Å². The molecule has 0 fully saturated rings. The van der Waals surface area contributed by atoms with E-state index in [1.807, 2.05) is 24.3 Å². The highest BCUT2D eigenvalue weighted by molar-refractivity contribution is 6.08. The van der Waals surface area contributed by atoms with Crippen LogP contribution >= 0.6 is 0 Å². The lowest BCUT2D eigenvalue weighted by molar-refractivity contribution is -0.114. The summed E-state index contributed by atoms with van der Waals surface area (Å²) in [6.45, 7) is 0. The van der Waals surface area contributed by atoms with Gasteiger partial charge in [-0.2, -0.15) is 0 Å². The molecule has 0 spiro atoms. The van der Waals surface area contributed by atoms with Gasteiger partial charge >= 0.3 is 0 Å². The molecule has 0 aliphatic rings. The summed E-state index contributed by atoms with van der Waals surface area (Å²) in [5, 5.41) is 0. The molecule has 2 amide bonds. The zero-order chi connectivity index (χ0) is 33.6. The largest absolute Gasteiger partial charge is 0.493 e. The third-order valence-corrected chi connectivity index (χ3v) is 6.92. The lowest BCUT2D eigenvalue weighted by Gasteiger charge is -2.24. The standard InChI is InChI=1S/C36H40N2O8/c1-37(33(39)19-13-9-15-25-21-29(41-3)35(45-7)30(22-25)42-4)27-17-11-12-18-28(27)38(2)34(40)20-14-10-16-26-23-31(43-5)36(46-8)32(24-26)44-6/h9-24H,1-8H3/b15-9+,16-10+,19-13+,20-14+. The lowest BCUT2D eigenvalue weighted by Crippen LogP contribution is -2.29. The van der Waals surface area contributed by atoms with Gasteiger partial charge in [0.25, 0.3) is 11.8 Å². The molecule has 0 bridgehead atoms. The van der Waals surface area contributed by atoms with Crippen LogP contribution in [-0.4, -0.2) is 68.6 Å². The Labute approximate surface area is 270 Å². The molecule has 0 saturated carbocycles. The maximum Gasteiger partial charge on any atom is 0.250 e. The topological polar surface area (TPSA) is 96.0 Å². The molecule has 0 aliphatic heterocycles. The van der Waals surface area contributed by atoms with Crippen LogP contribution in [0.15, 0.2) is 85.0 Å². The highest BCUT2D eigenvalue weighted by Gasteiger charge is 2.18. The Hall–Kier alpha value is -5.64. The van der Waals surface area contributed by atoms with Gasteiger partial charge in [0, 0.05) is 26.2 Å². The fraction of sp³-hybridized carbons (Fsp3) is 0.222. The molecule has 3 aromatic carbocycles. The number of nitrogens with zero attached hydrogens (tertiary/aromatic N) is 2. The number of methoxy groups -OCH3 is 6. The highest BCUT2D eigenvalue weighted by atomic mass is 16.5. The number of carbonyl (C=O) groups excluding carboxylic acids is 2. The number of rotatable bonds is 14. The molecular weight excluding hydrogens is 588 g/mol. The van der Waals surface area contributed by atoms with Crippen molar-refractivity contribution in [3.63, 3.8) is 0 Å². The quantitative estimate of drug-likeness (QED) is 0.154. The van der Waals surface area contributed by atoms with Gasteiger partial charge in [-0.1, -0.05) is 48.6 Å². The predicted octanol–water partition coefficient (Wildman–Crippen LogP) is 6.20. The molecule has 0 heterocycles. The predicted molar refractivity (Wildman–Crippen MR) is 182 cm³/mol. The third-order valence-electron chi connectivity index (χ3n) is 6.92. The maximum absolute atomic E-state index is 13.1. The number of likely N-dealkylation sites (N-methyl/N-ethyl adjacent to an activating group) is 2. The zero-order valence-corrected chi connectivity index (χ0v) is 27.4. The minimum absolute atomic E-state index is 0.272. The van der Waals surface area contributed by atoms with E-state index in [4.69, 9.17) is 28.4 Å². The number of benzene rings is 3. The Morgan fingerprint density at radius 2 is 0.848 bits per heavy atom. The minimum atomic E-state index is -0.272. The summed E-state index contributed by atoms with van der Waals surface area (Å²) in [7, 11) is 12.6. The first kappa shape index (κ1) is 34.8. The van der Waals surface area contributed by atoms with Gasteiger partial charge in [-0.3, -0.25) is 9.59 Å². The van der Waals surface area contributed by atoms with E-state index in [1.54, 1.807) is 117 Å². The van der Waals surface area contributed by atoms with Crippen LogP contribution in [-0.2, 0) is 9.59 Å². The Bertz CT molecular complexity index is 1470. The highest BCUT2D eigenvalue weighted by Crippen LogP contribution is 2.39. The van der Waals surface area contributed by atoms with Crippen LogP contribution in [0.3, 0.4) is 0 Å². The van der Waals surface area contributed by atoms with Crippen LogP contribution < -0.4 is 38.2 Å². The van der Waals surface area contributed by atoms with Crippen molar-refractivity contribution in [1.29, 1.82) is 0 Å². The van der Waals surface area contributed by atoms with Crippen molar-refractivity contribution >= 4 is 35.3 Å². The second-order valence-corrected chi connectivity index (χ2v) is 9.64. The maximum atomic E-state index is 13.1. The van der Waals surface area contributed by atoms with Crippen molar-refractivity contribution in [3.05, 3.63) is 96.1 Å². The van der Waals surface area contributed by atoms with Crippen LogP contribution in [0.25, 0.3) is 12.2 Å². The Morgan fingerprint density at radius 1 is 0.522 bits per heavy atom. The molecule has 0 aromatic heterocycles. The summed E-state index contributed by atoms with van der Waals surface area (Å²) in [5.41, 5.74) is 2.75. The number of anilines is 2. The molecular formula is C36H40N2O8. The third kappa shape index (κ3) is 8.50.